The summed E-state index contributed by atoms with van der Waals surface area (Å²) in [7, 11) is 0. The maximum Gasteiger partial charge on any atom is 0.314 e. The van der Waals surface area contributed by atoms with Gasteiger partial charge in [-0.05, 0) is 70.1 Å². The molecule has 24 heavy (non-hydrogen) atoms. The van der Waals surface area contributed by atoms with E-state index in [1.54, 1.807) is 0 Å². The molecule has 4 heteroatoms. The van der Waals surface area contributed by atoms with Crippen molar-refractivity contribution >= 4 is 6.03 Å². The smallest absolute Gasteiger partial charge is 0.314 e. The number of nitrogens with zero attached hydrogens (tertiary/aromatic N) is 1. The van der Waals surface area contributed by atoms with E-state index in [-0.39, 0.29) is 12.1 Å². The number of amides is 2. The van der Waals surface area contributed by atoms with E-state index in [1.165, 1.54) is 31.5 Å². The van der Waals surface area contributed by atoms with Gasteiger partial charge in [0.15, 0.2) is 0 Å². The maximum absolute atomic E-state index is 11.9. The predicted molar refractivity (Wildman–Crippen MR) is 100 cm³/mol. The van der Waals surface area contributed by atoms with Crippen LogP contribution in [0.3, 0.4) is 0 Å². The van der Waals surface area contributed by atoms with Crippen LogP contribution in [0.25, 0.3) is 0 Å². The first-order chi connectivity index (χ1) is 11.6. The normalized spacial score (nSPS) is 17.4. The summed E-state index contributed by atoms with van der Waals surface area (Å²) in [5.41, 5.74) is 1.32. The molecule has 134 valence electrons. The Kier molecular flexibility index (Phi) is 8.10. The lowest BCUT2D eigenvalue weighted by molar-refractivity contribution is 0.190. The van der Waals surface area contributed by atoms with E-state index in [0.29, 0.717) is 0 Å². The molecule has 1 aromatic rings. The van der Waals surface area contributed by atoms with Gasteiger partial charge < -0.3 is 15.5 Å². The third kappa shape index (κ3) is 7.35. The fourth-order valence-corrected chi connectivity index (χ4v) is 3.17. The quantitative estimate of drug-likeness (QED) is 0.717. The third-order valence-corrected chi connectivity index (χ3v) is 4.90. The highest BCUT2D eigenvalue weighted by molar-refractivity contribution is 5.74. The molecule has 0 radical (unpaired) electrons. The Morgan fingerprint density at radius 3 is 2.67 bits per heavy atom. The van der Waals surface area contributed by atoms with Crippen LogP contribution >= 0.6 is 0 Å². The molecule has 1 aliphatic rings. The van der Waals surface area contributed by atoms with Crippen LogP contribution in [0.5, 0.6) is 0 Å². The Hall–Kier alpha value is -1.55. The molecule has 0 spiro atoms. The van der Waals surface area contributed by atoms with E-state index in [9.17, 15) is 4.79 Å². The fraction of sp³-hybridized carbons (Fsp3) is 0.650. The standard InChI is InChI=1S/C20H33N3O/c1-17-11-15-23(16-12-17)14-6-13-21-20(24)22-18(2)9-10-19-7-4-3-5-8-19/h3-5,7-8,17-18H,6,9-16H2,1-2H3,(H2,21,22,24). The van der Waals surface area contributed by atoms with Crippen molar-refractivity contribution in [3.8, 4) is 0 Å². The summed E-state index contributed by atoms with van der Waals surface area (Å²) < 4.78 is 0. The van der Waals surface area contributed by atoms with Crippen molar-refractivity contribution in [1.29, 1.82) is 0 Å². The number of hydrogen-bond donors (Lipinski definition) is 2. The second-order valence-electron chi connectivity index (χ2n) is 7.20. The van der Waals surface area contributed by atoms with Gasteiger partial charge in [-0.3, -0.25) is 0 Å². The second-order valence-corrected chi connectivity index (χ2v) is 7.20. The number of benzene rings is 1. The van der Waals surface area contributed by atoms with E-state index < -0.39 is 0 Å². The van der Waals surface area contributed by atoms with E-state index in [4.69, 9.17) is 0 Å². The van der Waals surface area contributed by atoms with Crippen LogP contribution < -0.4 is 10.6 Å². The molecule has 2 amide bonds. The summed E-state index contributed by atoms with van der Waals surface area (Å²) in [4.78, 5) is 14.4. The van der Waals surface area contributed by atoms with Gasteiger partial charge in [-0.15, -0.1) is 0 Å². The van der Waals surface area contributed by atoms with Gasteiger partial charge in [0, 0.05) is 12.6 Å². The number of nitrogens with one attached hydrogen (secondary N) is 2. The Morgan fingerprint density at radius 1 is 1.25 bits per heavy atom. The molecule has 0 aliphatic carbocycles. The van der Waals surface area contributed by atoms with Gasteiger partial charge in [0.25, 0.3) is 0 Å². The average molecular weight is 332 g/mol. The first-order valence-corrected chi connectivity index (χ1v) is 9.44. The summed E-state index contributed by atoms with van der Waals surface area (Å²) in [6, 6.07) is 10.6. The zero-order valence-corrected chi connectivity index (χ0v) is 15.3. The summed E-state index contributed by atoms with van der Waals surface area (Å²) in [5, 5.41) is 6.01. The molecule has 4 nitrogen and oxygen atoms in total. The molecule has 1 saturated heterocycles. The lowest BCUT2D eigenvalue weighted by atomic mass is 9.99. The second kappa shape index (κ2) is 10.3. The van der Waals surface area contributed by atoms with Crippen molar-refractivity contribution in [2.75, 3.05) is 26.2 Å². The predicted octanol–water partition coefficient (Wildman–Crippen LogP) is 3.43. The number of carbonyl (C=O) groups is 1. The van der Waals surface area contributed by atoms with Crippen LogP contribution in [0.4, 0.5) is 4.79 Å². The minimum absolute atomic E-state index is 0.0390. The Balaban J connectivity index is 1.51. The molecule has 1 fully saturated rings. The van der Waals surface area contributed by atoms with Gasteiger partial charge in [-0.25, -0.2) is 4.79 Å². The molecule has 1 aromatic carbocycles. The van der Waals surface area contributed by atoms with Gasteiger partial charge in [-0.1, -0.05) is 37.3 Å². The van der Waals surface area contributed by atoms with E-state index in [1.807, 2.05) is 6.07 Å². The number of carbonyl (C=O) groups excluding carboxylic acids is 1. The highest BCUT2D eigenvalue weighted by Crippen LogP contribution is 2.15. The summed E-state index contributed by atoms with van der Waals surface area (Å²) in [6.45, 7) is 8.67. The molecule has 1 unspecified atom stereocenters. The maximum atomic E-state index is 11.9. The zero-order chi connectivity index (χ0) is 17.2. The summed E-state index contributed by atoms with van der Waals surface area (Å²) in [5.74, 6) is 0.877. The van der Waals surface area contributed by atoms with Gasteiger partial charge >= 0.3 is 6.03 Å². The molecule has 2 N–H and O–H groups in total. The van der Waals surface area contributed by atoms with E-state index >= 15 is 0 Å². The van der Waals surface area contributed by atoms with Crippen molar-refractivity contribution in [3.05, 3.63) is 35.9 Å². The van der Waals surface area contributed by atoms with Gasteiger partial charge in [-0.2, -0.15) is 0 Å². The largest absolute Gasteiger partial charge is 0.338 e. The number of aryl methyl sites for hydroxylation is 1. The Bertz CT molecular complexity index is 469. The molecule has 0 bridgehead atoms. The number of piperidine rings is 1. The van der Waals surface area contributed by atoms with Crippen LogP contribution in [0, 0.1) is 5.92 Å². The molecule has 1 atom stereocenters. The average Bonchev–Trinajstić information content (AvgIpc) is 2.59. The first kappa shape index (κ1) is 18.8. The van der Waals surface area contributed by atoms with Gasteiger partial charge in [0.2, 0.25) is 0 Å². The number of rotatable bonds is 8. The number of urea groups is 1. The minimum Gasteiger partial charge on any atom is -0.338 e. The van der Waals surface area contributed by atoms with Crippen molar-refractivity contribution in [3.63, 3.8) is 0 Å². The lowest BCUT2D eigenvalue weighted by Crippen LogP contribution is -2.42. The molecule has 0 saturated carbocycles. The SMILES string of the molecule is CC1CCN(CCCNC(=O)NC(C)CCc2ccccc2)CC1. The molecule has 1 aliphatic heterocycles. The van der Waals surface area contributed by atoms with Crippen LogP contribution in [0.1, 0.15) is 45.1 Å². The third-order valence-electron chi connectivity index (χ3n) is 4.90. The molecule has 1 heterocycles. The summed E-state index contributed by atoms with van der Waals surface area (Å²) >= 11 is 0. The molecular formula is C20H33N3O. The van der Waals surface area contributed by atoms with Crippen LogP contribution in [0.2, 0.25) is 0 Å². The molecular weight excluding hydrogens is 298 g/mol. The lowest BCUT2D eigenvalue weighted by Gasteiger charge is -2.30. The van der Waals surface area contributed by atoms with Gasteiger partial charge in [0.1, 0.15) is 0 Å². The Labute approximate surface area is 147 Å². The van der Waals surface area contributed by atoms with E-state index in [0.717, 1.165) is 38.3 Å². The number of likely N-dealkylation sites (tertiary alicyclic amines) is 1. The molecule has 2 rings (SSSR count). The first-order valence-electron chi connectivity index (χ1n) is 9.44. The van der Waals surface area contributed by atoms with Crippen molar-refractivity contribution in [1.82, 2.24) is 15.5 Å². The monoisotopic (exact) mass is 331 g/mol. The van der Waals surface area contributed by atoms with Crippen molar-refractivity contribution < 1.29 is 4.79 Å². The highest BCUT2D eigenvalue weighted by Gasteiger charge is 2.15. The molecule has 0 aromatic heterocycles. The van der Waals surface area contributed by atoms with E-state index in [2.05, 4.69) is 53.6 Å². The Morgan fingerprint density at radius 2 is 1.96 bits per heavy atom. The fourth-order valence-electron chi connectivity index (χ4n) is 3.17. The number of hydrogen-bond acceptors (Lipinski definition) is 2. The van der Waals surface area contributed by atoms with Crippen LogP contribution in [-0.4, -0.2) is 43.2 Å². The van der Waals surface area contributed by atoms with Crippen molar-refractivity contribution in [2.24, 2.45) is 5.92 Å². The minimum atomic E-state index is -0.0390. The topological polar surface area (TPSA) is 44.4 Å². The van der Waals surface area contributed by atoms with Gasteiger partial charge in [0.05, 0.1) is 0 Å². The zero-order valence-electron chi connectivity index (χ0n) is 15.3. The summed E-state index contributed by atoms with van der Waals surface area (Å²) in [6.07, 6.45) is 5.61. The van der Waals surface area contributed by atoms with Crippen LogP contribution in [-0.2, 0) is 6.42 Å². The van der Waals surface area contributed by atoms with Crippen molar-refractivity contribution in [2.45, 2.75) is 52.0 Å². The highest BCUT2D eigenvalue weighted by atomic mass is 16.2. The van der Waals surface area contributed by atoms with Crippen LogP contribution in [0.15, 0.2) is 30.3 Å².